The lowest BCUT2D eigenvalue weighted by Gasteiger charge is -2.27. The molecule has 17 heavy (non-hydrogen) atoms. The molecular weight excluding hydrogens is 224 g/mol. The van der Waals surface area contributed by atoms with Gasteiger partial charge in [-0.15, -0.1) is 0 Å². The van der Waals surface area contributed by atoms with Crippen molar-refractivity contribution in [3.8, 4) is 0 Å². The van der Waals surface area contributed by atoms with Crippen molar-refractivity contribution in [2.24, 2.45) is 5.92 Å². The Hall–Kier alpha value is -1.30. The van der Waals surface area contributed by atoms with Crippen LogP contribution in [0.15, 0.2) is 0 Å². The minimum absolute atomic E-state index is 0.105. The second kappa shape index (κ2) is 4.91. The Bertz CT molecular complexity index is 317. The first kappa shape index (κ1) is 12.2. The Morgan fingerprint density at radius 3 is 2.59 bits per heavy atom. The van der Waals surface area contributed by atoms with E-state index in [1.54, 1.807) is 0 Å². The molecule has 1 aliphatic carbocycles. The first-order chi connectivity index (χ1) is 8.08. The van der Waals surface area contributed by atoms with E-state index in [0.29, 0.717) is 12.5 Å². The Balaban J connectivity index is 1.85. The van der Waals surface area contributed by atoms with Gasteiger partial charge in [0.25, 0.3) is 0 Å². The molecule has 1 heterocycles. The number of likely N-dealkylation sites (tertiary alicyclic amines) is 1. The third kappa shape index (κ3) is 2.69. The van der Waals surface area contributed by atoms with E-state index in [0.717, 1.165) is 12.8 Å². The number of carboxylic acid groups (broad SMARTS) is 1. The van der Waals surface area contributed by atoms with Crippen molar-refractivity contribution in [1.29, 1.82) is 0 Å². The molecule has 1 saturated carbocycles. The topological polar surface area (TPSA) is 89.9 Å². The Morgan fingerprint density at radius 2 is 2.06 bits per heavy atom. The minimum Gasteiger partial charge on any atom is -0.480 e. The van der Waals surface area contributed by atoms with E-state index < -0.39 is 18.1 Å². The third-order valence-electron chi connectivity index (χ3n) is 3.59. The highest BCUT2D eigenvalue weighted by Crippen LogP contribution is 2.25. The molecule has 2 aliphatic rings. The predicted molar refractivity (Wildman–Crippen MR) is 59.5 cm³/mol. The molecule has 96 valence electrons. The highest BCUT2D eigenvalue weighted by atomic mass is 16.4. The molecule has 0 bridgehead atoms. The summed E-state index contributed by atoms with van der Waals surface area (Å²) < 4.78 is 0. The number of nitrogens with one attached hydrogen (secondary N) is 1. The summed E-state index contributed by atoms with van der Waals surface area (Å²) in [6.07, 6.45) is 2.86. The number of aliphatic hydroxyl groups is 1. The molecular formula is C11H18N2O4. The van der Waals surface area contributed by atoms with Crippen LogP contribution in [-0.2, 0) is 4.79 Å². The number of carbonyl (C=O) groups is 2. The zero-order chi connectivity index (χ0) is 12.4. The maximum atomic E-state index is 11.8. The summed E-state index contributed by atoms with van der Waals surface area (Å²) in [4.78, 5) is 23.9. The van der Waals surface area contributed by atoms with E-state index >= 15 is 0 Å². The number of β-amino-alcohol motifs (C(OH)–C–C–N with tert-alkyl or cyclic N) is 1. The average molecular weight is 242 g/mol. The molecule has 0 spiro atoms. The van der Waals surface area contributed by atoms with E-state index in [1.165, 1.54) is 11.3 Å². The van der Waals surface area contributed by atoms with Crippen molar-refractivity contribution in [3.63, 3.8) is 0 Å². The quantitative estimate of drug-likeness (QED) is 0.650. The number of amides is 2. The van der Waals surface area contributed by atoms with Crippen LogP contribution in [0.4, 0.5) is 4.79 Å². The number of nitrogens with zero attached hydrogens (tertiary/aromatic N) is 1. The van der Waals surface area contributed by atoms with Crippen molar-refractivity contribution in [1.82, 2.24) is 10.2 Å². The summed E-state index contributed by atoms with van der Waals surface area (Å²) in [5.74, 6) is -0.518. The molecule has 1 saturated heterocycles. The zero-order valence-corrected chi connectivity index (χ0v) is 9.63. The van der Waals surface area contributed by atoms with E-state index in [-0.39, 0.29) is 19.0 Å². The Kier molecular flexibility index (Phi) is 3.51. The summed E-state index contributed by atoms with van der Waals surface area (Å²) in [6.45, 7) is 0.714. The fourth-order valence-corrected chi connectivity index (χ4v) is 2.30. The van der Waals surface area contributed by atoms with Crippen LogP contribution in [0.2, 0.25) is 0 Å². The largest absolute Gasteiger partial charge is 0.480 e. The van der Waals surface area contributed by atoms with Crippen molar-refractivity contribution in [2.75, 3.05) is 13.1 Å². The van der Waals surface area contributed by atoms with Gasteiger partial charge in [-0.2, -0.15) is 0 Å². The van der Waals surface area contributed by atoms with Crippen molar-refractivity contribution in [3.05, 3.63) is 0 Å². The summed E-state index contributed by atoms with van der Waals surface area (Å²) in [7, 11) is 0. The lowest BCUT2D eigenvalue weighted by Crippen LogP contribution is -2.47. The maximum Gasteiger partial charge on any atom is 0.326 e. The number of hydrogen-bond donors (Lipinski definition) is 3. The maximum absolute atomic E-state index is 11.8. The van der Waals surface area contributed by atoms with Gasteiger partial charge in [-0.05, 0) is 18.8 Å². The fraction of sp³-hybridized carbons (Fsp3) is 0.818. The lowest BCUT2D eigenvalue weighted by atomic mass is 9.85. The Morgan fingerprint density at radius 1 is 1.35 bits per heavy atom. The standard InChI is InChI=1S/C11H18N2O4/c14-8-4-9(10(15)16)13(6-8)11(17)12-5-7-2-1-3-7/h7-9,14H,1-6H2,(H,12,17)(H,15,16)/t8-,9-/m1/s1. The summed E-state index contributed by atoms with van der Waals surface area (Å²) >= 11 is 0. The van der Waals surface area contributed by atoms with E-state index in [4.69, 9.17) is 5.11 Å². The van der Waals surface area contributed by atoms with Crippen LogP contribution in [0, 0.1) is 5.92 Å². The summed E-state index contributed by atoms with van der Waals surface area (Å²) in [6, 6.07) is -1.27. The van der Waals surface area contributed by atoms with Crippen LogP contribution in [0.1, 0.15) is 25.7 Å². The van der Waals surface area contributed by atoms with Crippen LogP contribution >= 0.6 is 0 Å². The second-order valence-corrected chi connectivity index (χ2v) is 4.88. The normalized spacial score (nSPS) is 28.9. The number of aliphatic carboxylic acids is 1. The predicted octanol–water partition coefficient (Wildman–Crippen LogP) is 0.0159. The highest BCUT2D eigenvalue weighted by molar-refractivity contribution is 5.83. The SMILES string of the molecule is O=C(O)[C@H]1C[C@@H](O)CN1C(=O)NCC1CCC1. The van der Waals surface area contributed by atoms with Gasteiger partial charge in [-0.25, -0.2) is 9.59 Å². The van der Waals surface area contributed by atoms with Gasteiger partial charge in [-0.1, -0.05) is 6.42 Å². The van der Waals surface area contributed by atoms with E-state index in [9.17, 15) is 14.7 Å². The molecule has 6 nitrogen and oxygen atoms in total. The second-order valence-electron chi connectivity index (χ2n) is 4.88. The van der Waals surface area contributed by atoms with Crippen LogP contribution in [-0.4, -0.2) is 52.3 Å². The first-order valence-corrected chi connectivity index (χ1v) is 6.03. The number of rotatable bonds is 3. The van der Waals surface area contributed by atoms with Gasteiger partial charge >= 0.3 is 12.0 Å². The van der Waals surface area contributed by atoms with Gasteiger partial charge in [0.1, 0.15) is 6.04 Å². The van der Waals surface area contributed by atoms with Crippen molar-refractivity contribution >= 4 is 12.0 Å². The molecule has 6 heteroatoms. The zero-order valence-electron chi connectivity index (χ0n) is 9.63. The molecule has 0 aromatic carbocycles. The van der Waals surface area contributed by atoms with Gasteiger partial charge in [0.05, 0.1) is 6.10 Å². The fourth-order valence-electron chi connectivity index (χ4n) is 2.30. The lowest BCUT2D eigenvalue weighted by molar-refractivity contribution is -0.141. The minimum atomic E-state index is -1.06. The van der Waals surface area contributed by atoms with Gasteiger partial charge < -0.3 is 20.4 Å². The van der Waals surface area contributed by atoms with Gasteiger partial charge in [-0.3, -0.25) is 0 Å². The number of hydrogen-bond acceptors (Lipinski definition) is 3. The van der Waals surface area contributed by atoms with Gasteiger partial charge in [0, 0.05) is 19.5 Å². The first-order valence-electron chi connectivity index (χ1n) is 6.03. The summed E-state index contributed by atoms with van der Waals surface area (Å²) in [5.41, 5.74) is 0. The number of urea groups is 1. The average Bonchev–Trinajstić information content (AvgIpc) is 2.58. The number of carbonyl (C=O) groups excluding carboxylic acids is 1. The number of aliphatic hydroxyl groups excluding tert-OH is 1. The molecule has 2 rings (SSSR count). The van der Waals surface area contributed by atoms with Gasteiger partial charge in [0.2, 0.25) is 0 Å². The molecule has 2 fully saturated rings. The van der Waals surface area contributed by atoms with Crippen LogP contribution in [0.5, 0.6) is 0 Å². The highest BCUT2D eigenvalue weighted by Gasteiger charge is 2.39. The summed E-state index contributed by atoms with van der Waals surface area (Å²) in [5, 5.41) is 21.1. The Labute approximate surface area is 99.6 Å². The third-order valence-corrected chi connectivity index (χ3v) is 3.59. The molecule has 0 aromatic heterocycles. The van der Waals surface area contributed by atoms with E-state index in [1.807, 2.05) is 0 Å². The monoisotopic (exact) mass is 242 g/mol. The van der Waals surface area contributed by atoms with Crippen molar-refractivity contribution in [2.45, 2.75) is 37.8 Å². The molecule has 0 aromatic rings. The number of carboxylic acids is 1. The van der Waals surface area contributed by atoms with Crippen LogP contribution in [0.25, 0.3) is 0 Å². The van der Waals surface area contributed by atoms with Crippen LogP contribution in [0.3, 0.4) is 0 Å². The molecule has 0 radical (unpaired) electrons. The van der Waals surface area contributed by atoms with Crippen molar-refractivity contribution < 1.29 is 19.8 Å². The molecule has 0 unspecified atom stereocenters. The molecule has 3 N–H and O–H groups in total. The molecule has 2 amide bonds. The van der Waals surface area contributed by atoms with Gasteiger partial charge in [0.15, 0.2) is 0 Å². The molecule has 1 aliphatic heterocycles. The van der Waals surface area contributed by atoms with E-state index in [2.05, 4.69) is 5.32 Å². The molecule has 2 atom stereocenters. The smallest absolute Gasteiger partial charge is 0.326 e. The van der Waals surface area contributed by atoms with Crippen LogP contribution < -0.4 is 5.32 Å².